The average molecular weight is 354 g/mol. The maximum atomic E-state index is 13.1. The van der Waals surface area contributed by atoms with Gasteiger partial charge in [0.1, 0.15) is 0 Å². The molecular weight excluding hydrogens is 329 g/mol. The molecule has 1 saturated carbocycles. The molecule has 1 aliphatic carbocycles. The van der Waals surface area contributed by atoms with E-state index in [0.717, 1.165) is 51.3 Å². The molecule has 1 heterocycles. The molecule has 1 atom stereocenters. The largest absolute Gasteiger partial charge is 0.416 e. The fourth-order valence-corrected chi connectivity index (χ4v) is 3.61. The predicted molar refractivity (Wildman–Crippen MR) is 90.1 cm³/mol. The van der Waals surface area contributed by atoms with Crippen LogP contribution in [0.4, 0.5) is 13.2 Å². The van der Waals surface area contributed by atoms with Crippen LogP contribution in [0.1, 0.15) is 43.2 Å². The molecule has 3 nitrogen and oxygen atoms in total. The first-order chi connectivity index (χ1) is 11.9. The molecule has 0 unspecified atom stereocenters. The second kappa shape index (κ2) is 7.77. The van der Waals surface area contributed by atoms with Crippen LogP contribution >= 0.6 is 0 Å². The first-order valence-corrected chi connectivity index (χ1v) is 9.08. The highest BCUT2D eigenvalue weighted by Gasteiger charge is 2.33. The number of carbonyl (C=O) groups is 1. The van der Waals surface area contributed by atoms with Crippen molar-refractivity contribution in [2.75, 3.05) is 19.6 Å². The first-order valence-electron chi connectivity index (χ1n) is 9.08. The van der Waals surface area contributed by atoms with Gasteiger partial charge in [-0.15, -0.1) is 0 Å². The average Bonchev–Trinajstić information content (AvgIpc) is 3.36. The molecule has 0 radical (unpaired) electrons. The summed E-state index contributed by atoms with van der Waals surface area (Å²) in [5.41, 5.74) is -0.148. The van der Waals surface area contributed by atoms with Crippen molar-refractivity contribution in [3.05, 3.63) is 35.4 Å². The predicted octanol–water partition coefficient (Wildman–Crippen LogP) is 3.63. The fourth-order valence-electron chi connectivity index (χ4n) is 3.61. The molecule has 1 aromatic rings. The van der Waals surface area contributed by atoms with Crippen LogP contribution < -0.4 is 5.32 Å². The number of nitrogens with one attached hydrogen (secondary N) is 1. The standard InChI is InChI=1S/C19H25F3N2O/c20-19(21,22)17-6-2-1-5-15(17)8-7-14-4-3-11-24(12-14)13-18(25)23-16-9-10-16/h1-2,5-6,14,16H,3-4,7-13H2,(H,23,25)/t14-/m1/s1. The molecule has 1 aromatic carbocycles. The Balaban J connectivity index is 1.50. The van der Waals surface area contributed by atoms with Crippen molar-refractivity contribution in [1.29, 1.82) is 0 Å². The van der Waals surface area contributed by atoms with E-state index in [1.54, 1.807) is 12.1 Å². The monoisotopic (exact) mass is 354 g/mol. The van der Waals surface area contributed by atoms with Crippen molar-refractivity contribution in [2.45, 2.75) is 50.7 Å². The Morgan fingerprint density at radius 3 is 2.68 bits per heavy atom. The lowest BCUT2D eigenvalue weighted by molar-refractivity contribution is -0.138. The van der Waals surface area contributed by atoms with E-state index in [1.807, 2.05) is 0 Å². The zero-order chi connectivity index (χ0) is 17.9. The van der Waals surface area contributed by atoms with Gasteiger partial charge < -0.3 is 5.32 Å². The summed E-state index contributed by atoms with van der Waals surface area (Å²) in [6, 6.07) is 6.21. The number of hydrogen-bond acceptors (Lipinski definition) is 2. The lowest BCUT2D eigenvalue weighted by Gasteiger charge is -2.32. The molecule has 25 heavy (non-hydrogen) atoms. The van der Waals surface area contributed by atoms with Gasteiger partial charge in [0, 0.05) is 12.6 Å². The van der Waals surface area contributed by atoms with Gasteiger partial charge in [0.15, 0.2) is 0 Å². The van der Waals surface area contributed by atoms with Crippen LogP contribution in [-0.4, -0.2) is 36.5 Å². The SMILES string of the molecule is O=C(CN1CCC[C@H](CCc2ccccc2C(F)(F)F)C1)NC1CC1. The Morgan fingerprint density at radius 1 is 1.20 bits per heavy atom. The van der Waals surface area contributed by atoms with Gasteiger partial charge >= 0.3 is 6.18 Å². The summed E-state index contributed by atoms with van der Waals surface area (Å²) in [6.45, 7) is 2.10. The molecule has 0 bridgehead atoms. The number of aryl methyl sites for hydroxylation is 1. The molecule has 1 amide bonds. The second-order valence-electron chi connectivity index (χ2n) is 7.28. The Labute approximate surface area is 146 Å². The number of alkyl halides is 3. The summed E-state index contributed by atoms with van der Waals surface area (Å²) >= 11 is 0. The highest BCUT2D eigenvalue weighted by Crippen LogP contribution is 2.33. The molecule has 0 spiro atoms. The van der Waals surface area contributed by atoms with E-state index in [2.05, 4.69) is 10.2 Å². The van der Waals surface area contributed by atoms with Crippen molar-refractivity contribution >= 4 is 5.91 Å². The third-order valence-electron chi connectivity index (χ3n) is 5.06. The Bertz CT molecular complexity index is 599. The van der Waals surface area contributed by atoms with Gasteiger partial charge in [-0.05, 0) is 62.6 Å². The van der Waals surface area contributed by atoms with Crippen LogP contribution in [0.15, 0.2) is 24.3 Å². The summed E-state index contributed by atoms with van der Waals surface area (Å²) in [5.74, 6) is 0.425. The Hall–Kier alpha value is -1.56. The van der Waals surface area contributed by atoms with Gasteiger partial charge in [0.25, 0.3) is 0 Å². The lowest BCUT2D eigenvalue weighted by Crippen LogP contribution is -2.43. The summed E-state index contributed by atoms with van der Waals surface area (Å²) < 4.78 is 39.2. The Morgan fingerprint density at radius 2 is 1.96 bits per heavy atom. The van der Waals surface area contributed by atoms with E-state index >= 15 is 0 Å². The van der Waals surface area contributed by atoms with Crippen LogP contribution in [-0.2, 0) is 17.4 Å². The zero-order valence-corrected chi connectivity index (χ0v) is 14.3. The smallest absolute Gasteiger partial charge is 0.352 e. The van der Waals surface area contributed by atoms with E-state index in [9.17, 15) is 18.0 Å². The number of benzene rings is 1. The molecule has 2 aliphatic rings. The second-order valence-corrected chi connectivity index (χ2v) is 7.28. The molecule has 6 heteroatoms. The number of halogens is 3. The first kappa shape index (κ1) is 18.2. The number of likely N-dealkylation sites (tertiary alicyclic amines) is 1. The minimum atomic E-state index is -4.30. The van der Waals surface area contributed by atoms with Crippen LogP contribution in [0.2, 0.25) is 0 Å². The highest BCUT2D eigenvalue weighted by molar-refractivity contribution is 5.78. The number of rotatable bonds is 6. The Kier molecular flexibility index (Phi) is 5.67. The van der Waals surface area contributed by atoms with Gasteiger partial charge in [-0.3, -0.25) is 9.69 Å². The molecule has 0 aromatic heterocycles. The topological polar surface area (TPSA) is 32.3 Å². The maximum absolute atomic E-state index is 13.1. The molecule has 1 saturated heterocycles. The number of hydrogen-bond donors (Lipinski definition) is 1. The highest BCUT2D eigenvalue weighted by atomic mass is 19.4. The van der Waals surface area contributed by atoms with Crippen molar-refractivity contribution in [2.24, 2.45) is 5.92 Å². The van der Waals surface area contributed by atoms with Gasteiger partial charge in [-0.25, -0.2) is 0 Å². The van der Waals surface area contributed by atoms with E-state index < -0.39 is 11.7 Å². The number of piperidine rings is 1. The minimum absolute atomic E-state index is 0.0746. The number of carbonyl (C=O) groups excluding carboxylic acids is 1. The number of nitrogens with zero attached hydrogens (tertiary/aromatic N) is 1. The minimum Gasteiger partial charge on any atom is -0.352 e. The van der Waals surface area contributed by atoms with Crippen LogP contribution in [0.5, 0.6) is 0 Å². The molecule has 2 fully saturated rings. The van der Waals surface area contributed by atoms with E-state index in [1.165, 1.54) is 6.07 Å². The van der Waals surface area contributed by atoms with Crippen LogP contribution in [0, 0.1) is 5.92 Å². The summed E-state index contributed by atoms with van der Waals surface area (Å²) in [6.07, 6.45) is 1.05. The van der Waals surface area contributed by atoms with Crippen molar-refractivity contribution in [3.8, 4) is 0 Å². The molecule has 1 aliphatic heterocycles. The summed E-state index contributed by atoms with van der Waals surface area (Å²) in [7, 11) is 0. The summed E-state index contributed by atoms with van der Waals surface area (Å²) in [4.78, 5) is 14.1. The molecule has 1 N–H and O–H groups in total. The van der Waals surface area contributed by atoms with E-state index in [0.29, 0.717) is 30.5 Å². The summed E-state index contributed by atoms with van der Waals surface area (Å²) in [5, 5.41) is 2.99. The fraction of sp³-hybridized carbons (Fsp3) is 0.632. The van der Waals surface area contributed by atoms with Gasteiger partial charge in [-0.1, -0.05) is 18.2 Å². The van der Waals surface area contributed by atoms with Crippen molar-refractivity contribution in [1.82, 2.24) is 10.2 Å². The van der Waals surface area contributed by atoms with Crippen LogP contribution in [0.3, 0.4) is 0 Å². The van der Waals surface area contributed by atoms with Gasteiger partial charge in [-0.2, -0.15) is 13.2 Å². The molecule has 138 valence electrons. The van der Waals surface area contributed by atoms with E-state index in [-0.39, 0.29) is 5.91 Å². The van der Waals surface area contributed by atoms with Gasteiger partial charge in [0.05, 0.1) is 12.1 Å². The van der Waals surface area contributed by atoms with E-state index in [4.69, 9.17) is 0 Å². The number of amides is 1. The lowest BCUT2D eigenvalue weighted by atomic mass is 9.90. The zero-order valence-electron chi connectivity index (χ0n) is 14.3. The van der Waals surface area contributed by atoms with Crippen LogP contribution in [0.25, 0.3) is 0 Å². The maximum Gasteiger partial charge on any atom is 0.416 e. The van der Waals surface area contributed by atoms with Crippen molar-refractivity contribution in [3.63, 3.8) is 0 Å². The van der Waals surface area contributed by atoms with Crippen molar-refractivity contribution < 1.29 is 18.0 Å². The molecule has 3 rings (SSSR count). The molecular formula is C19H25F3N2O. The van der Waals surface area contributed by atoms with Gasteiger partial charge in [0.2, 0.25) is 5.91 Å². The third kappa shape index (κ3) is 5.46. The quantitative estimate of drug-likeness (QED) is 0.846. The third-order valence-corrected chi connectivity index (χ3v) is 5.06. The normalized spacial score (nSPS) is 22.0.